The summed E-state index contributed by atoms with van der Waals surface area (Å²) < 4.78 is 0. The average Bonchev–Trinajstić information content (AvgIpc) is 2.28. The minimum Gasteiger partial charge on any atom is -0.342 e. The highest BCUT2D eigenvalue weighted by molar-refractivity contribution is 6.32. The molecule has 5 nitrogen and oxygen atoms in total. The summed E-state index contributed by atoms with van der Waals surface area (Å²) in [5.41, 5.74) is 1.40. The van der Waals surface area contributed by atoms with E-state index in [1.807, 2.05) is 6.07 Å². The molecule has 98 valence electrons. The van der Waals surface area contributed by atoms with Crippen LogP contribution >= 0.6 is 11.6 Å². The first-order chi connectivity index (χ1) is 9.04. The molecule has 1 aliphatic heterocycles. The first-order valence-electron chi connectivity index (χ1n) is 5.99. The summed E-state index contributed by atoms with van der Waals surface area (Å²) in [7, 11) is 0. The zero-order chi connectivity index (χ0) is 13.6. The molecular weight excluding hydrogens is 266 g/mol. The molecule has 19 heavy (non-hydrogen) atoms. The van der Waals surface area contributed by atoms with Crippen molar-refractivity contribution in [2.45, 2.75) is 12.8 Å². The van der Waals surface area contributed by atoms with Gasteiger partial charge in [-0.1, -0.05) is 11.6 Å². The number of amides is 1. The van der Waals surface area contributed by atoms with E-state index in [1.165, 1.54) is 6.07 Å². The molecule has 3 rings (SSSR count). The Bertz CT molecular complexity index is 719. The van der Waals surface area contributed by atoms with Gasteiger partial charge in [0.15, 0.2) is 0 Å². The van der Waals surface area contributed by atoms with Crippen LogP contribution in [0.1, 0.15) is 18.4 Å². The summed E-state index contributed by atoms with van der Waals surface area (Å²) in [6.45, 7) is 2.91. The Morgan fingerprint density at radius 1 is 1.42 bits per heavy atom. The number of benzene rings is 1. The summed E-state index contributed by atoms with van der Waals surface area (Å²) in [6.07, 6.45) is 0. The SMILES string of the molecule is CC(=O)N1CC(c2cc3cc(=O)[nH]nc3cc2Cl)C1. The molecule has 0 aliphatic carbocycles. The number of fused-ring (bicyclic) bond motifs is 1. The molecule has 0 spiro atoms. The molecule has 1 amide bonds. The average molecular weight is 278 g/mol. The fourth-order valence-corrected chi connectivity index (χ4v) is 2.66. The van der Waals surface area contributed by atoms with Crippen LogP contribution in [-0.2, 0) is 4.79 Å². The molecule has 1 fully saturated rings. The number of aromatic nitrogens is 2. The van der Waals surface area contributed by atoms with Gasteiger partial charge in [0.25, 0.3) is 5.56 Å². The van der Waals surface area contributed by atoms with Gasteiger partial charge in [0.1, 0.15) is 0 Å². The maximum absolute atomic E-state index is 11.3. The van der Waals surface area contributed by atoms with E-state index >= 15 is 0 Å². The third kappa shape index (κ3) is 2.10. The maximum Gasteiger partial charge on any atom is 0.264 e. The van der Waals surface area contributed by atoms with Gasteiger partial charge in [-0.3, -0.25) is 9.59 Å². The van der Waals surface area contributed by atoms with Crippen LogP contribution in [0.5, 0.6) is 0 Å². The molecule has 2 heterocycles. The van der Waals surface area contributed by atoms with E-state index < -0.39 is 0 Å². The van der Waals surface area contributed by atoms with Crippen molar-refractivity contribution in [3.05, 3.63) is 39.1 Å². The second-order valence-electron chi connectivity index (χ2n) is 4.79. The van der Waals surface area contributed by atoms with Crippen LogP contribution in [0.2, 0.25) is 5.02 Å². The number of rotatable bonds is 1. The van der Waals surface area contributed by atoms with Gasteiger partial charge in [-0.15, -0.1) is 0 Å². The Balaban J connectivity index is 1.98. The summed E-state index contributed by atoms with van der Waals surface area (Å²) in [4.78, 5) is 24.2. The quantitative estimate of drug-likeness (QED) is 0.859. The van der Waals surface area contributed by atoms with Gasteiger partial charge < -0.3 is 4.90 Å². The van der Waals surface area contributed by atoms with Crippen molar-refractivity contribution in [3.8, 4) is 0 Å². The molecule has 0 unspecified atom stereocenters. The van der Waals surface area contributed by atoms with E-state index in [0.717, 1.165) is 10.9 Å². The fraction of sp³-hybridized carbons (Fsp3) is 0.308. The maximum atomic E-state index is 11.3. The Labute approximate surface area is 114 Å². The lowest BCUT2D eigenvalue weighted by Crippen LogP contribution is -2.47. The van der Waals surface area contributed by atoms with Gasteiger partial charge in [-0.25, -0.2) is 5.10 Å². The van der Waals surface area contributed by atoms with Crippen molar-refractivity contribution in [3.63, 3.8) is 0 Å². The highest BCUT2D eigenvalue weighted by atomic mass is 35.5. The Morgan fingerprint density at radius 2 is 2.16 bits per heavy atom. The van der Waals surface area contributed by atoms with E-state index in [0.29, 0.717) is 23.6 Å². The van der Waals surface area contributed by atoms with Gasteiger partial charge in [-0.2, -0.15) is 5.10 Å². The van der Waals surface area contributed by atoms with E-state index in [9.17, 15) is 9.59 Å². The predicted molar refractivity (Wildman–Crippen MR) is 72.4 cm³/mol. The number of carbonyl (C=O) groups excluding carboxylic acids is 1. The highest BCUT2D eigenvalue weighted by Gasteiger charge is 2.31. The van der Waals surface area contributed by atoms with Crippen molar-refractivity contribution in [2.75, 3.05) is 13.1 Å². The predicted octanol–water partition coefficient (Wildman–Crippen LogP) is 1.52. The van der Waals surface area contributed by atoms with Gasteiger partial charge >= 0.3 is 0 Å². The van der Waals surface area contributed by atoms with Gasteiger partial charge in [-0.05, 0) is 17.7 Å². The number of halogens is 1. The zero-order valence-electron chi connectivity index (χ0n) is 10.3. The van der Waals surface area contributed by atoms with Crippen molar-refractivity contribution in [1.82, 2.24) is 15.1 Å². The third-order valence-corrected chi connectivity index (χ3v) is 3.81. The summed E-state index contributed by atoms with van der Waals surface area (Å²) in [6, 6.07) is 5.14. The topological polar surface area (TPSA) is 66.1 Å². The molecule has 0 saturated carbocycles. The van der Waals surface area contributed by atoms with Crippen LogP contribution < -0.4 is 5.56 Å². The van der Waals surface area contributed by atoms with E-state index in [-0.39, 0.29) is 17.4 Å². The minimum absolute atomic E-state index is 0.0753. The van der Waals surface area contributed by atoms with Crippen molar-refractivity contribution in [2.24, 2.45) is 0 Å². The summed E-state index contributed by atoms with van der Waals surface area (Å²) in [5, 5.41) is 7.72. The molecule has 0 bridgehead atoms. The summed E-state index contributed by atoms with van der Waals surface area (Å²) >= 11 is 6.24. The number of carbonyl (C=O) groups is 1. The van der Waals surface area contributed by atoms with Gasteiger partial charge in [0.05, 0.1) is 5.52 Å². The Kier molecular flexibility index (Phi) is 2.78. The molecule has 1 aromatic heterocycles. The lowest BCUT2D eigenvalue weighted by molar-refractivity contribution is -0.133. The van der Waals surface area contributed by atoms with Crippen molar-refractivity contribution < 1.29 is 4.79 Å². The molecule has 1 aromatic carbocycles. The van der Waals surface area contributed by atoms with Gasteiger partial charge in [0.2, 0.25) is 5.91 Å². The number of hydrogen-bond acceptors (Lipinski definition) is 3. The minimum atomic E-state index is -0.236. The first-order valence-corrected chi connectivity index (χ1v) is 6.37. The lowest BCUT2D eigenvalue weighted by atomic mass is 9.90. The van der Waals surface area contributed by atoms with Crippen LogP contribution in [0.25, 0.3) is 10.9 Å². The van der Waals surface area contributed by atoms with E-state index in [4.69, 9.17) is 11.6 Å². The van der Waals surface area contributed by atoms with E-state index in [1.54, 1.807) is 17.9 Å². The van der Waals surface area contributed by atoms with Crippen LogP contribution in [0, 0.1) is 0 Å². The Hall–Kier alpha value is -1.88. The van der Waals surface area contributed by atoms with Gasteiger partial charge in [0, 0.05) is 42.4 Å². The number of likely N-dealkylation sites (tertiary alicyclic amines) is 1. The fourth-order valence-electron chi connectivity index (χ4n) is 2.34. The number of aromatic amines is 1. The summed E-state index contributed by atoms with van der Waals surface area (Å²) in [5.74, 6) is 0.311. The largest absolute Gasteiger partial charge is 0.342 e. The monoisotopic (exact) mass is 277 g/mol. The second-order valence-corrected chi connectivity index (χ2v) is 5.19. The molecule has 0 radical (unpaired) electrons. The van der Waals surface area contributed by atoms with Crippen molar-refractivity contribution >= 4 is 28.4 Å². The molecular formula is C13H12ClN3O2. The molecule has 1 saturated heterocycles. The number of H-pyrrole nitrogens is 1. The number of hydrogen-bond donors (Lipinski definition) is 1. The normalized spacial score (nSPS) is 15.6. The van der Waals surface area contributed by atoms with Crippen LogP contribution in [0.15, 0.2) is 23.0 Å². The zero-order valence-corrected chi connectivity index (χ0v) is 11.1. The highest BCUT2D eigenvalue weighted by Crippen LogP contribution is 2.34. The second kappa shape index (κ2) is 4.35. The molecule has 1 aliphatic rings. The molecule has 1 N–H and O–H groups in total. The first kappa shape index (κ1) is 12.2. The van der Waals surface area contributed by atoms with Crippen LogP contribution in [0.3, 0.4) is 0 Å². The lowest BCUT2D eigenvalue weighted by Gasteiger charge is -2.39. The smallest absolute Gasteiger partial charge is 0.264 e. The molecule has 0 atom stereocenters. The molecule has 2 aromatic rings. The van der Waals surface area contributed by atoms with Crippen LogP contribution in [0.4, 0.5) is 0 Å². The standard InChI is InChI=1S/C13H12ClN3O2/c1-7(18)17-5-9(6-17)10-2-8-3-13(19)16-15-12(8)4-11(10)14/h2-4,9H,5-6H2,1H3,(H,16,19). The number of nitrogens with zero attached hydrogens (tertiary/aromatic N) is 2. The van der Waals surface area contributed by atoms with Crippen molar-refractivity contribution in [1.29, 1.82) is 0 Å². The third-order valence-electron chi connectivity index (χ3n) is 3.49. The van der Waals surface area contributed by atoms with Crippen LogP contribution in [-0.4, -0.2) is 34.1 Å². The van der Waals surface area contributed by atoms with E-state index in [2.05, 4.69) is 10.2 Å². The Morgan fingerprint density at radius 3 is 2.84 bits per heavy atom. The molecule has 6 heteroatoms. The number of nitrogens with one attached hydrogen (secondary N) is 1.